The first kappa shape index (κ1) is 10.8. The van der Waals surface area contributed by atoms with Crippen LogP contribution in [0.4, 0.5) is 11.5 Å². The third-order valence-electron chi connectivity index (χ3n) is 3.01. The molecule has 3 rings (SSSR count). The minimum absolute atomic E-state index is 0.878. The van der Waals surface area contributed by atoms with Gasteiger partial charge in [0.2, 0.25) is 0 Å². The molecule has 2 nitrogen and oxygen atoms in total. The smallest absolute Gasteiger partial charge is 0.131 e. The molecule has 0 amide bonds. The van der Waals surface area contributed by atoms with E-state index in [1.807, 2.05) is 36.4 Å². The van der Waals surface area contributed by atoms with Crippen LogP contribution in [0.3, 0.4) is 0 Å². The molecule has 3 aromatic rings. The van der Waals surface area contributed by atoms with Crippen LogP contribution in [0, 0.1) is 6.92 Å². The van der Waals surface area contributed by atoms with Crippen LogP contribution < -0.4 is 5.32 Å². The summed E-state index contributed by atoms with van der Waals surface area (Å²) in [5.41, 5.74) is 3.32. The second-order valence-corrected chi connectivity index (χ2v) is 4.33. The Labute approximate surface area is 106 Å². The Balaban J connectivity index is 1.98. The zero-order valence-corrected chi connectivity index (χ0v) is 10.2. The molecule has 0 saturated heterocycles. The molecule has 0 radical (unpaired) electrons. The van der Waals surface area contributed by atoms with Crippen molar-refractivity contribution in [3.63, 3.8) is 0 Å². The monoisotopic (exact) mass is 234 g/mol. The number of nitrogens with zero attached hydrogens (tertiary/aromatic N) is 1. The van der Waals surface area contributed by atoms with Crippen molar-refractivity contribution in [1.29, 1.82) is 0 Å². The van der Waals surface area contributed by atoms with Crippen LogP contribution in [-0.4, -0.2) is 4.98 Å². The zero-order valence-electron chi connectivity index (χ0n) is 10.2. The van der Waals surface area contributed by atoms with Gasteiger partial charge in [-0.15, -0.1) is 0 Å². The van der Waals surface area contributed by atoms with Gasteiger partial charge in [-0.1, -0.05) is 36.4 Å². The van der Waals surface area contributed by atoms with Gasteiger partial charge in [0.05, 0.1) is 5.52 Å². The number of aryl methyl sites for hydroxylation is 1. The Kier molecular flexibility index (Phi) is 2.69. The summed E-state index contributed by atoms with van der Waals surface area (Å²) in [7, 11) is 0. The maximum Gasteiger partial charge on any atom is 0.131 e. The van der Waals surface area contributed by atoms with Crippen LogP contribution in [-0.2, 0) is 0 Å². The molecule has 2 heteroatoms. The molecule has 0 saturated carbocycles. The van der Waals surface area contributed by atoms with E-state index in [1.165, 1.54) is 5.56 Å². The average Bonchev–Trinajstić information content (AvgIpc) is 2.41. The summed E-state index contributed by atoms with van der Waals surface area (Å²) in [6.07, 6.45) is 0. The normalized spacial score (nSPS) is 10.5. The highest BCUT2D eigenvalue weighted by molar-refractivity contribution is 5.80. The van der Waals surface area contributed by atoms with Crippen LogP contribution in [0.15, 0.2) is 60.7 Å². The van der Waals surface area contributed by atoms with Gasteiger partial charge < -0.3 is 5.32 Å². The largest absolute Gasteiger partial charge is 0.340 e. The maximum absolute atomic E-state index is 4.60. The molecule has 0 aliphatic carbocycles. The van der Waals surface area contributed by atoms with Gasteiger partial charge in [0.15, 0.2) is 0 Å². The topological polar surface area (TPSA) is 24.9 Å². The van der Waals surface area contributed by atoms with Gasteiger partial charge in [-0.2, -0.15) is 0 Å². The highest BCUT2D eigenvalue weighted by atomic mass is 15.0. The standard InChI is InChI=1S/C16H14N2/c1-12-6-2-4-8-14(12)17-16-11-10-13-7-3-5-9-15(13)18-16/h2-11H,1H3,(H,17,18). The molecule has 1 N–H and O–H groups in total. The van der Waals surface area contributed by atoms with Crippen molar-refractivity contribution in [2.45, 2.75) is 6.92 Å². The van der Waals surface area contributed by atoms with E-state index >= 15 is 0 Å². The second-order valence-electron chi connectivity index (χ2n) is 4.33. The van der Waals surface area contributed by atoms with E-state index in [2.05, 4.69) is 41.5 Å². The fourth-order valence-corrected chi connectivity index (χ4v) is 1.99. The quantitative estimate of drug-likeness (QED) is 0.715. The number of anilines is 2. The predicted molar refractivity (Wildman–Crippen MR) is 76.2 cm³/mol. The minimum atomic E-state index is 0.878. The summed E-state index contributed by atoms with van der Waals surface area (Å²) in [5.74, 6) is 0.878. The van der Waals surface area contributed by atoms with E-state index in [1.54, 1.807) is 0 Å². The molecule has 1 aromatic heterocycles. The Hall–Kier alpha value is -2.35. The van der Waals surface area contributed by atoms with Crippen molar-refractivity contribution in [1.82, 2.24) is 4.98 Å². The molecule has 0 aliphatic rings. The lowest BCUT2D eigenvalue weighted by Gasteiger charge is -2.09. The van der Waals surface area contributed by atoms with Crippen LogP contribution >= 0.6 is 0 Å². The molecule has 2 aromatic carbocycles. The molecule has 0 bridgehead atoms. The maximum atomic E-state index is 4.60. The van der Waals surface area contributed by atoms with E-state index in [0.29, 0.717) is 0 Å². The highest BCUT2D eigenvalue weighted by Gasteiger charge is 2.00. The van der Waals surface area contributed by atoms with Gasteiger partial charge in [-0.25, -0.2) is 4.98 Å². The predicted octanol–water partition coefficient (Wildman–Crippen LogP) is 4.29. The SMILES string of the molecule is Cc1ccccc1Nc1ccc2ccccc2n1. The van der Waals surface area contributed by atoms with E-state index < -0.39 is 0 Å². The van der Waals surface area contributed by atoms with Crippen LogP contribution in [0.25, 0.3) is 10.9 Å². The number of fused-ring (bicyclic) bond motifs is 1. The summed E-state index contributed by atoms with van der Waals surface area (Å²) in [6, 6.07) is 20.4. The van der Waals surface area contributed by atoms with Crippen molar-refractivity contribution >= 4 is 22.4 Å². The summed E-state index contributed by atoms with van der Waals surface area (Å²) >= 11 is 0. The molecular formula is C16H14N2. The Bertz CT molecular complexity index is 689. The first-order valence-electron chi connectivity index (χ1n) is 6.01. The Morgan fingerprint density at radius 3 is 2.50 bits per heavy atom. The minimum Gasteiger partial charge on any atom is -0.340 e. The number of pyridine rings is 1. The number of para-hydroxylation sites is 2. The van der Waals surface area contributed by atoms with Crippen LogP contribution in [0.2, 0.25) is 0 Å². The molecule has 0 atom stereocenters. The zero-order chi connectivity index (χ0) is 12.4. The Morgan fingerprint density at radius 1 is 0.833 bits per heavy atom. The van der Waals surface area contributed by atoms with E-state index in [9.17, 15) is 0 Å². The third-order valence-corrected chi connectivity index (χ3v) is 3.01. The first-order chi connectivity index (χ1) is 8.83. The number of aromatic nitrogens is 1. The van der Waals surface area contributed by atoms with Gasteiger partial charge in [0, 0.05) is 11.1 Å². The molecule has 0 fully saturated rings. The number of benzene rings is 2. The molecule has 18 heavy (non-hydrogen) atoms. The fourth-order valence-electron chi connectivity index (χ4n) is 1.99. The molecular weight excluding hydrogens is 220 g/mol. The van der Waals surface area contributed by atoms with Gasteiger partial charge in [-0.3, -0.25) is 0 Å². The summed E-state index contributed by atoms with van der Waals surface area (Å²) in [6.45, 7) is 2.09. The molecule has 0 unspecified atom stereocenters. The molecule has 0 spiro atoms. The van der Waals surface area contributed by atoms with E-state index in [4.69, 9.17) is 0 Å². The van der Waals surface area contributed by atoms with Crippen molar-refractivity contribution < 1.29 is 0 Å². The number of hydrogen-bond acceptors (Lipinski definition) is 2. The van der Waals surface area contributed by atoms with Crippen molar-refractivity contribution in [3.8, 4) is 0 Å². The first-order valence-corrected chi connectivity index (χ1v) is 6.01. The van der Waals surface area contributed by atoms with Gasteiger partial charge in [-0.05, 0) is 36.8 Å². The Morgan fingerprint density at radius 2 is 1.61 bits per heavy atom. The van der Waals surface area contributed by atoms with Crippen molar-refractivity contribution in [2.75, 3.05) is 5.32 Å². The van der Waals surface area contributed by atoms with Crippen LogP contribution in [0.1, 0.15) is 5.56 Å². The highest BCUT2D eigenvalue weighted by Crippen LogP contribution is 2.20. The van der Waals surface area contributed by atoms with Gasteiger partial charge in [0.1, 0.15) is 5.82 Å². The third kappa shape index (κ3) is 2.05. The van der Waals surface area contributed by atoms with Crippen molar-refractivity contribution in [2.24, 2.45) is 0 Å². The second kappa shape index (κ2) is 4.49. The van der Waals surface area contributed by atoms with Gasteiger partial charge >= 0.3 is 0 Å². The lowest BCUT2D eigenvalue weighted by Crippen LogP contribution is -1.95. The van der Waals surface area contributed by atoms with Crippen molar-refractivity contribution in [3.05, 3.63) is 66.2 Å². The average molecular weight is 234 g/mol. The van der Waals surface area contributed by atoms with Gasteiger partial charge in [0.25, 0.3) is 0 Å². The lowest BCUT2D eigenvalue weighted by atomic mass is 10.2. The molecule has 88 valence electrons. The fraction of sp³-hybridized carbons (Fsp3) is 0.0625. The lowest BCUT2D eigenvalue weighted by molar-refractivity contribution is 1.35. The molecule has 1 heterocycles. The number of rotatable bonds is 2. The van der Waals surface area contributed by atoms with E-state index in [0.717, 1.165) is 22.4 Å². The summed E-state index contributed by atoms with van der Waals surface area (Å²) in [4.78, 5) is 4.60. The number of hydrogen-bond donors (Lipinski definition) is 1. The van der Waals surface area contributed by atoms with Crippen LogP contribution in [0.5, 0.6) is 0 Å². The summed E-state index contributed by atoms with van der Waals surface area (Å²) in [5, 5.41) is 4.51. The summed E-state index contributed by atoms with van der Waals surface area (Å²) < 4.78 is 0. The van der Waals surface area contributed by atoms with E-state index in [-0.39, 0.29) is 0 Å². The number of nitrogens with one attached hydrogen (secondary N) is 1. The molecule has 0 aliphatic heterocycles.